The predicted octanol–water partition coefficient (Wildman–Crippen LogP) is 5.94. The molecule has 3 aromatic carbocycles. The third kappa shape index (κ3) is 6.91. The number of anilines is 1. The van der Waals surface area contributed by atoms with Crippen LogP contribution in [0.5, 0.6) is 5.75 Å². The van der Waals surface area contributed by atoms with Crippen molar-refractivity contribution >= 4 is 46.7 Å². The van der Waals surface area contributed by atoms with Crippen molar-refractivity contribution in [1.29, 1.82) is 0 Å². The van der Waals surface area contributed by atoms with Crippen LogP contribution < -0.4 is 10.1 Å². The van der Waals surface area contributed by atoms with E-state index in [4.69, 9.17) is 9.15 Å². The van der Waals surface area contributed by atoms with Gasteiger partial charge < -0.3 is 14.5 Å². The Morgan fingerprint density at radius 3 is 2.55 bits per heavy atom. The molecular formula is C30H23FN4O4S. The molecule has 0 radical (unpaired) electrons. The Labute approximate surface area is 233 Å². The van der Waals surface area contributed by atoms with Crippen molar-refractivity contribution in [3.8, 4) is 5.75 Å². The number of halogens is 1. The molecule has 1 N–H and O–H groups in total. The van der Waals surface area contributed by atoms with Crippen LogP contribution in [0.3, 0.4) is 0 Å². The fourth-order valence-electron chi connectivity index (χ4n) is 3.71. The second kappa shape index (κ2) is 12.7. The molecule has 8 nitrogen and oxygen atoms in total. The van der Waals surface area contributed by atoms with E-state index in [0.29, 0.717) is 32.8 Å². The highest BCUT2D eigenvalue weighted by atomic mass is 32.2. The van der Waals surface area contributed by atoms with Crippen LogP contribution in [-0.2, 0) is 16.1 Å². The van der Waals surface area contributed by atoms with E-state index in [0.717, 1.165) is 5.56 Å². The Morgan fingerprint density at radius 2 is 1.77 bits per heavy atom. The van der Waals surface area contributed by atoms with Gasteiger partial charge in [-0.2, -0.15) is 5.10 Å². The zero-order valence-electron chi connectivity index (χ0n) is 21.1. The number of carbonyl (C=O) groups excluding carboxylic acids is 2. The summed E-state index contributed by atoms with van der Waals surface area (Å²) in [6.45, 7) is -0.0816. The van der Waals surface area contributed by atoms with E-state index in [9.17, 15) is 14.0 Å². The standard InChI is InChI=1S/C30H23FN4O4S/c31-23-12-14-24(15-13-23)33-28(36)20-39-26-11-5-4-9-22(26)17-27-29(37)35(19-25-10-6-16-38-25)30(40-27)34-32-18-21-7-2-1-3-8-21/h1-18H,19-20H2,(H,33,36)/b27-17-,32-18+,34-30-. The molecule has 0 saturated carbocycles. The van der Waals surface area contributed by atoms with Gasteiger partial charge >= 0.3 is 0 Å². The van der Waals surface area contributed by atoms with E-state index in [1.54, 1.807) is 48.9 Å². The molecule has 0 atom stereocenters. The highest BCUT2D eigenvalue weighted by Gasteiger charge is 2.34. The number of nitrogens with one attached hydrogen (secondary N) is 1. The largest absolute Gasteiger partial charge is 0.483 e. The van der Waals surface area contributed by atoms with Gasteiger partial charge in [-0.15, -0.1) is 5.10 Å². The zero-order chi connectivity index (χ0) is 27.7. The van der Waals surface area contributed by atoms with Crippen molar-refractivity contribution in [2.24, 2.45) is 10.2 Å². The van der Waals surface area contributed by atoms with Gasteiger partial charge in [0.2, 0.25) is 0 Å². The first-order valence-corrected chi connectivity index (χ1v) is 13.0. The summed E-state index contributed by atoms with van der Waals surface area (Å²) in [5.74, 6) is -0.0438. The summed E-state index contributed by atoms with van der Waals surface area (Å²) in [6.07, 6.45) is 4.85. The molecule has 5 rings (SSSR count). The van der Waals surface area contributed by atoms with Gasteiger partial charge in [0.15, 0.2) is 11.8 Å². The van der Waals surface area contributed by atoms with Crippen LogP contribution >= 0.6 is 11.8 Å². The molecule has 1 aliphatic rings. The number of carbonyl (C=O) groups is 2. The molecule has 40 heavy (non-hydrogen) atoms. The lowest BCUT2D eigenvalue weighted by atomic mass is 10.2. The summed E-state index contributed by atoms with van der Waals surface area (Å²) < 4.78 is 24.3. The average Bonchev–Trinajstić information content (AvgIpc) is 3.59. The van der Waals surface area contributed by atoms with E-state index in [2.05, 4.69) is 15.5 Å². The number of amidine groups is 1. The van der Waals surface area contributed by atoms with Gasteiger partial charge in [-0.05, 0) is 65.9 Å². The Hall–Kier alpha value is -4.96. The molecule has 2 amide bonds. The van der Waals surface area contributed by atoms with Gasteiger partial charge in [0.1, 0.15) is 17.3 Å². The van der Waals surface area contributed by atoms with Gasteiger partial charge in [0.25, 0.3) is 11.8 Å². The van der Waals surface area contributed by atoms with Crippen molar-refractivity contribution in [3.63, 3.8) is 0 Å². The quantitative estimate of drug-likeness (QED) is 0.157. The monoisotopic (exact) mass is 554 g/mol. The smallest absolute Gasteiger partial charge is 0.267 e. The maximum Gasteiger partial charge on any atom is 0.267 e. The molecule has 1 aromatic heterocycles. The molecule has 2 heterocycles. The summed E-state index contributed by atoms with van der Waals surface area (Å²) >= 11 is 1.18. The summed E-state index contributed by atoms with van der Waals surface area (Å²) in [4.78, 5) is 27.7. The number of furan rings is 1. The fraction of sp³-hybridized carbons (Fsp3) is 0.0667. The van der Waals surface area contributed by atoms with E-state index in [-0.39, 0.29) is 19.1 Å². The molecular weight excluding hydrogens is 531 g/mol. The Balaban J connectivity index is 1.33. The first-order chi connectivity index (χ1) is 19.5. The number of hydrogen-bond donors (Lipinski definition) is 1. The van der Waals surface area contributed by atoms with Crippen LogP contribution in [0.2, 0.25) is 0 Å². The van der Waals surface area contributed by atoms with Crippen molar-refractivity contribution in [2.45, 2.75) is 6.54 Å². The van der Waals surface area contributed by atoms with Gasteiger partial charge in [-0.25, -0.2) is 4.39 Å². The Bertz CT molecular complexity index is 1570. The van der Waals surface area contributed by atoms with Gasteiger partial charge in [-0.1, -0.05) is 48.5 Å². The van der Waals surface area contributed by atoms with Crippen LogP contribution in [0.4, 0.5) is 10.1 Å². The molecule has 0 spiro atoms. The summed E-state index contributed by atoms with van der Waals surface area (Å²) in [7, 11) is 0. The summed E-state index contributed by atoms with van der Waals surface area (Å²) in [6, 6.07) is 25.6. The third-order valence-electron chi connectivity index (χ3n) is 5.62. The number of para-hydroxylation sites is 1. The fourth-order valence-corrected chi connectivity index (χ4v) is 4.64. The van der Waals surface area contributed by atoms with E-state index in [1.165, 1.54) is 40.9 Å². The Morgan fingerprint density at radius 1 is 1.00 bits per heavy atom. The van der Waals surface area contributed by atoms with Crippen molar-refractivity contribution in [3.05, 3.63) is 125 Å². The van der Waals surface area contributed by atoms with E-state index < -0.39 is 11.7 Å². The van der Waals surface area contributed by atoms with E-state index >= 15 is 0 Å². The number of amides is 2. The molecule has 1 fully saturated rings. The molecule has 4 aromatic rings. The Kier molecular flexibility index (Phi) is 8.47. The number of rotatable bonds is 9. The molecule has 0 bridgehead atoms. The minimum atomic E-state index is -0.407. The lowest BCUT2D eigenvalue weighted by Gasteiger charge is -2.12. The highest BCUT2D eigenvalue weighted by molar-refractivity contribution is 8.18. The number of thioether (sulfide) groups is 1. The zero-order valence-corrected chi connectivity index (χ0v) is 21.9. The number of benzene rings is 3. The highest BCUT2D eigenvalue weighted by Crippen LogP contribution is 2.35. The summed E-state index contributed by atoms with van der Waals surface area (Å²) in [5.41, 5.74) is 1.95. The lowest BCUT2D eigenvalue weighted by Crippen LogP contribution is -2.28. The van der Waals surface area contributed by atoms with Crippen LogP contribution in [0.1, 0.15) is 16.9 Å². The van der Waals surface area contributed by atoms with Crippen LogP contribution in [0.15, 0.2) is 117 Å². The molecule has 1 saturated heterocycles. The normalized spacial score (nSPS) is 15.3. The van der Waals surface area contributed by atoms with Crippen LogP contribution in [0, 0.1) is 5.82 Å². The molecule has 0 unspecified atom stereocenters. The minimum absolute atomic E-state index is 0.192. The first-order valence-electron chi connectivity index (χ1n) is 12.2. The van der Waals surface area contributed by atoms with Crippen LogP contribution in [0.25, 0.3) is 6.08 Å². The maximum absolute atomic E-state index is 13.4. The van der Waals surface area contributed by atoms with E-state index in [1.807, 2.05) is 36.4 Å². The van der Waals surface area contributed by atoms with Crippen molar-refractivity contribution in [2.75, 3.05) is 11.9 Å². The van der Waals surface area contributed by atoms with Gasteiger partial charge in [0.05, 0.1) is 23.9 Å². The lowest BCUT2D eigenvalue weighted by molar-refractivity contribution is -0.122. The summed E-state index contributed by atoms with van der Waals surface area (Å²) in [5, 5.41) is 11.6. The van der Waals surface area contributed by atoms with Gasteiger partial charge in [-0.3, -0.25) is 14.5 Å². The predicted molar refractivity (Wildman–Crippen MR) is 153 cm³/mol. The second-order valence-corrected chi connectivity index (χ2v) is 9.51. The SMILES string of the molecule is O=C(COc1ccccc1/C=C1\S/C(=N\N=C\c2ccccc2)N(Cc2ccco2)C1=O)Nc1ccc(F)cc1. The molecule has 10 heteroatoms. The minimum Gasteiger partial charge on any atom is -0.483 e. The second-order valence-electron chi connectivity index (χ2n) is 8.50. The number of hydrogen-bond acceptors (Lipinski definition) is 7. The number of ether oxygens (including phenoxy) is 1. The topological polar surface area (TPSA) is 96.5 Å². The molecule has 1 aliphatic heterocycles. The maximum atomic E-state index is 13.4. The third-order valence-corrected chi connectivity index (χ3v) is 6.62. The first kappa shape index (κ1) is 26.6. The van der Waals surface area contributed by atoms with Crippen molar-refractivity contribution < 1.29 is 23.1 Å². The molecule has 200 valence electrons. The van der Waals surface area contributed by atoms with Crippen molar-refractivity contribution in [1.82, 2.24) is 4.90 Å². The average molecular weight is 555 g/mol. The molecule has 0 aliphatic carbocycles. The van der Waals surface area contributed by atoms with Gasteiger partial charge in [0, 0.05) is 11.3 Å². The van der Waals surface area contributed by atoms with Crippen LogP contribution in [-0.4, -0.2) is 34.7 Å². The number of nitrogens with zero attached hydrogens (tertiary/aromatic N) is 3.